The molecule has 0 bridgehead atoms. The van der Waals surface area contributed by atoms with E-state index in [4.69, 9.17) is 4.74 Å². The largest absolute Gasteiger partial charge is 0.480 e. The molecule has 1 saturated heterocycles. The van der Waals surface area contributed by atoms with Crippen molar-refractivity contribution in [2.45, 2.75) is 26.2 Å². The average Bonchev–Trinajstić information content (AvgIpc) is 2.36. The number of carboxylic acids is 1. The second kappa shape index (κ2) is 5.13. The number of aliphatic carboxylic acids is 1. The first-order chi connectivity index (χ1) is 9.01. The highest BCUT2D eigenvalue weighted by Gasteiger charge is 2.53. The monoisotopic (exact) mass is 262 g/mol. The van der Waals surface area contributed by atoms with E-state index in [2.05, 4.69) is 13.8 Å². The van der Waals surface area contributed by atoms with Crippen LogP contribution in [-0.4, -0.2) is 30.1 Å². The Morgan fingerprint density at radius 1 is 1.32 bits per heavy atom. The number of benzene rings is 1. The summed E-state index contributed by atoms with van der Waals surface area (Å²) >= 11 is 0. The molecule has 102 valence electrons. The van der Waals surface area contributed by atoms with Crippen LogP contribution in [-0.2, 0) is 9.53 Å². The highest BCUT2D eigenvalue weighted by Crippen LogP contribution is 2.32. The quantitative estimate of drug-likeness (QED) is 0.654. The number of carbonyl (C=O) groups excluding carboxylic acids is 1. The third-order valence-electron chi connectivity index (χ3n) is 3.90. The number of carbonyl (C=O) groups is 2. The van der Waals surface area contributed by atoms with E-state index in [0.717, 1.165) is 12.0 Å². The van der Waals surface area contributed by atoms with Gasteiger partial charge in [0.1, 0.15) is 0 Å². The maximum Gasteiger partial charge on any atom is 0.322 e. The zero-order chi connectivity index (χ0) is 14.0. The van der Waals surface area contributed by atoms with Gasteiger partial charge in [0.15, 0.2) is 11.2 Å². The first kappa shape index (κ1) is 13.7. The third kappa shape index (κ3) is 2.28. The van der Waals surface area contributed by atoms with Crippen molar-refractivity contribution in [3.05, 3.63) is 35.4 Å². The minimum atomic E-state index is -1.38. The molecule has 1 N–H and O–H groups in total. The zero-order valence-electron chi connectivity index (χ0n) is 11.2. The topological polar surface area (TPSA) is 63.6 Å². The van der Waals surface area contributed by atoms with Crippen LogP contribution < -0.4 is 0 Å². The molecule has 0 radical (unpaired) electrons. The highest BCUT2D eigenvalue weighted by molar-refractivity contribution is 6.13. The molecule has 2 rings (SSSR count). The van der Waals surface area contributed by atoms with Gasteiger partial charge in [-0.2, -0.15) is 0 Å². The standard InChI is InChI=1S/C15H18O4/c1-3-10(2)11-4-6-12(7-5-11)13(16)15(14(17)18)8-19-9-15/h4-7,10H,3,8-9H2,1-2H3,(H,17,18). The molecule has 0 aromatic heterocycles. The van der Waals surface area contributed by atoms with Gasteiger partial charge in [0, 0.05) is 5.56 Å². The van der Waals surface area contributed by atoms with Crippen LogP contribution in [0.3, 0.4) is 0 Å². The molecule has 0 spiro atoms. The lowest BCUT2D eigenvalue weighted by Gasteiger charge is -2.35. The first-order valence-corrected chi connectivity index (χ1v) is 6.47. The molecule has 1 aromatic carbocycles. The van der Waals surface area contributed by atoms with Gasteiger partial charge in [-0.05, 0) is 17.9 Å². The Kier molecular flexibility index (Phi) is 3.71. The molecule has 1 fully saturated rings. The van der Waals surface area contributed by atoms with Gasteiger partial charge in [0.25, 0.3) is 0 Å². The van der Waals surface area contributed by atoms with Crippen molar-refractivity contribution in [3.8, 4) is 0 Å². The molecule has 1 heterocycles. The van der Waals surface area contributed by atoms with Crippen LogP contribution in [0.5, 0.6) is 0 Å². The zero-order valence-corrected chi connectivity index (χ0v) is 11.2. The number of ether oxygens (including phenoxy) is 1. The van der Waals surface area contributed by atoms with Crippen molar-refractivity contribution in [1.29, 1.82) is 0 Å². The number of hydrogen-bond acceptors (Lipinski definition) is 3. The molecule has 1 aliphatic rings. The molecule has 1 atom stereocenters. The predicted molar refractivity (Wildman–Crippen MR) is 70.4 cm³/mol. The van der Waals surface area contributed by atoms with Crippen molar-refractivity contribution < 1.29 is 19.4 Å². The van der Waals surface area contributed by atoms with Gasteiger partial charge >= 0.3 is 5.97 Å². The Hall–Kier alpha value is -1.68. The molecule has 1 unspecified atom stereocenters. The average molecular weight is 262 g/mol. The van der Waals surface area contributed by atoms with E-state index in [1.54, 1.807) is 12.1 Å². The van der Waals surface area contributed by atoms with Gasteiger partial charge in [0.2, 0.25) is 0 Å². The number of ketones is 1. The van der Waals surface area contributed by atoms with E-state index in [0.29, 0.717) is 11.5 Å². The van der Waals surface area contributed by atoms with Crippen LogP contribution >= 0.6 is 0 Å². The summed E-state index contributed by atoms with van der Waals surface area (Å²) in [6.07, 6.45) is 1.03. The van der Waals surface area contributed by atoms with Crippen molar-refractivity contribution in [2.24, 2.45) is 5.41 Å². The molecule has 1 aromatic rings. The summed E-state index contributed by atoms with van der Waals surface area (Å²) in [5.74, 6) is -1.03. The predicted octanol–water partition coefficient (Wildman–Crippen LogP) is 2.48. The first-order valence-electron chi connectivity index (χ1n) is 6.47. The summed E-state index contributed by atoms with van der Waals surface area (Å²) in [6.45, 7) is 4.16. The fraction of sp³-hybridized carbons (Fsp3) is 0.467. The maximum atomic E-state index is 12.3. The number of rotatable bonds is 5. The van der Waals surface area contributed by atoms with Crippen LogP contribution in [0, 0.1) is 5.41 Å². The summed E-state index contributed by atoms with van der Waals surface area (Å²) in [5, 5.41) is 9.20. The lowest BCUT2D eigenvalue weighted by molar-refractivity contribution is -0.168. The normalized spacial score (nSPS) is 18.4. The Morgan fingerprint density at radius 2 is 1.89 bits per heavy atom. The van der Waals surface area contributed by atoms with Crippen LogP contribution in [0.25, 0.3) is 0 Å². The molecule has 0 amide bonds. The summed E-state index contributed by atoms with van der Waals surface area (Å²) in [5.41, 5.74) is 0.226. The van der Waals surface area contributed by atoms with Gasteiger partial charge in [-0.15, -0.1) is 0 Å². The Labute approximate surface area is 112 Å². The SMILES string of the molecule is CCC(C)c1ccc(C(=O)C2(C(=O)O)COC2)cc1. The van der Waals surface area contributed by atoms with Crippen LogP contribution in [0.15, 0.2) is 24.3 Å². The summed E-state index contributed by atoms with van der Waals surface area (Å²) in [6, 6.07) is 7.23. The second-order valence-corrected chi connectivity index (χ2v) is 5.14. The van der Waals surface area contributed by atoms with Crippen LogP contribution in [0.1, 0.15) is 42.1 Å². The van der Waals surface area contributed by atoms with E-state index in [-0.39, 0.29) is 19.0 Å². The van der Waals surface area contributed by atoms with E-state index in [1.807, 2.05) is 12.1 Å². The molecule has 4 nitrogen and oxygen atoms in total. The van der Waals surface area contributed by atoms with Gasteiger partial charge in [-0.25, -0.2) is 0 Å². The number of carboxylic acid groups (broad SMARTS) is 1. The number of Topliss-reactive ketones (excluding diaryl/α,β-unsaturated/α-hetero) is 1. The molecule has 4 heteroatoms. The van der Waals surface area contributed by atoms with E-state index >= 15 is 0 Å². The third-order valence-corrected chi connectivity index (χ3v) is 3.90. The summed E-state index contributed by atoms with van der Waals surface area (Å²) in [4.78, 5) is 23.5. The second-order valence-electron chi connectivity index (χ2n) is 5.14. The van der Waals surface area contributed by atoms with E-state index in [1.165, 1.54) is 0 Å². The molecule has 0 saturated carbocycles. The molecule has 1 aliphatic heterocycles. The fourth-order valence-corrected chi connectivity index (χ4v) is 2.13. The molecule has 0 aliphatic carbocycles. The summed E-state index contributed by atoms with van der Waals surface area (Å²) in [7, 11) is 0. The Morgan fingerprint density at radius 3 is 2.26 bits per heavy atom. The lowest BCUT2D eigenvalue weighted by atomic mass is 9.78. The van der Waals surface area contributed by atoms with Crippen molar-refractivity contribution in [2.75, 3.05) is 13.2 Å². The lowest BCUT2D eigenvalue weighted by Crippen LogP contribution is -2.54. The summed E-state index contributed by atoms with van der Waals surface area (Å²) < 4.78 is 4.92. The van der Waals surface area contributed by atoms with Gasteiger partial charge in [0.05, 0.1) is 13.2 Å². The molecular formula is C15H18O4. The maximum absolute atomic E-state index is 12.3. The minimum Gasteiger partial charge on any atom is -0.480 e. The smallest absolute Gasteiger partial charge is 0.322 e. The van der Waals surface area contributed by atoms with Gasteiger partial charge < -0.3 is 9.84 Å². The van der Waals surface area contributed by atoms with Crippen molar-refractivity contribution in [3.63, 3.8) is 0 Å². The van der Waals surface area contributed by atoms with Gasteiger partial charge in [-0.1, -0.05) is 38.1 Å². The molecule has 19 heavy (non-hydrogen) atoms. The van der Waals surface area contributed by atoms with Crippen molar-refractivity contribution in [1.82, 2.24) is 0 Å². The number of hydrogen-bond donors (Lipinski definition) is 1. The van der Waals surface area contributed by atoms with Crippen LogP contribution in [0.2, 0.25) is 0 Å². The van der Waals surface area contributed by atoms with E-state index < -0.39 is 11.4 Å². The Bertz CT molecular complexity index is 485. The highest BCUT2D eigenvalue weighted by atomic mass is 16.5. The minimum absolute atomic E-state index is 0.0335. The van der Waals surface area contributed by atoms with Crippen molar-refractivity contribution >= 4 is 11.8 Å². The van der Waals surface area contributed by atoms with Gasteiger partial charge in [-0.3, -0.25) is 9.59 Å². The van der Waals surface area contributed by atoms with Crippen LogP contribution in [0.4, 0.5) is 0 Å². The molecular weight excluding hydrogens is 244 g/mol. The fourth-order valence-electron chi connectivity index (χ4n) is 2.13. The Balaban J connectivity index is 2.23. The van der Waals surface area contributed by atoms with E-state index in [9.17, 15) is 14.7 Å².